The van der Waals surface area contributed by atoms with E-state index in [2.05, 4.69) is 0 Å². The van der Waals surface area contributed by atoms with Gasteiger partial charge in [0.1, 0.15) is 6.10 Å². The molecule has 0 radical (unpaired) electrons. The molecule has 1 unspecified atom stereocenters. The molecule has 0 bridgehead atoms. The molecule has 0 aliphatic heterocycles. The van der Waals surface area contributed by atoms with Gasteiger partial charge in [0.15, 0.2) is 0 Å². The van der Waals surface area contributed by atoms with E-state index in [-0.39, 0.29) is 12.1 Å². The Morgan fingerprint density at radius 2 is 1.60 bits per heavy atom. The summed E-state index contributed by atoms with van der Waals surface area (Å²) in [5.74, 6) is -0.299. The van der Waals surface area contributed by atoms with Gasteiger partial charge in [-0.3, -0.25) is 0 Å². The predicted octanol–water partition coefficient (Wildman–Crippen LogP) is 3.67. The maximum Gasteiger partial charge on any atom is 0.338 e. The van der Waals surface area contributed by atoms with Crippen LogP contribution in [0.1, 0.15) is 28.9 Å². The number of nitrogens with zero attached hydrogens (tertiary/aromatic N) is 1. The Morgan fingerprint density at radius 3 is 2.15 bits per heavy atom. The molecule has 0 spiro atoms. The quantitative estimate of drug-likeness (QED) is 0.793. The Morgan fingerprint density at radius 1 is 1.00 bits per heavy atom. The minimum atomic E-state index is -0.299. The third-order valence-corrected chi connectivity index (χ3v) is 3.17. The zero-order valence-electron chi connectivity index (χ0n) is 12.0. The number of ether oxygens (including phenoxy) is 1. The Labute approximate surface area is 119 Å². The van der Waals surface area contributed by atoms with Gasteiger partial charge in [0.05, 0.1) is 5.56 Å². The Balaban J connectivity index is 2.05. The maximum atomic E-state index is 12.1. The third-order valence-electron chi connectivity index (χ3n) is 3.17. The van der Waals surface area contributed by atoms with Gasteiger partial charge in [0.25, 0.3) is 0 Å². The minimum absolute atomic E-state index is 0.253. The Bertz CT molecular complexity index is 561. The van der Waals surface area contributed by atoms with Gasteiger partial charge in [0.2, 0.25) is 0 Å². The first-order valence-electron chi connectivity index (χ1n) is 6.61. The lowest BCUT2D eigenvalue weighted by atomic mass is 10.1. The van der Waals surface area contributed by atoms with Crippen molar-refractivity contribution in [1.29, 1.82) is 0 Å². The molecule has 1 atom stereocenters. The normalized spacial score (nSPS) is 11.8. The molecule has 20 heavy (non-hydrogen) atoms. The first kappa shape index (κ1) is 14.1. The third kappa shape index (κ3) is 3.38. The molecule has 104 valence electrons. The van der Waals surface area contributed by atoms with Crippen LogP contribution < -0.4 is 4.90 Å². The molecule has 2 rings (SSSR count). The number of hydrogen-bond donors (Lipinski definition) is 0. The lowest BCUT2D eigenvalue weighted by Gasteiger charge is -2.15. The van der Waals surface area contributed by atoms with Gasteiger partial charge in [-0.25, -0.2) is 4.79 Å². The summed E-state index contributed by atoms with van der Waals surface area (Å²) >= 11 is 0. The van der Waals surface area contributed by atoms with Gasteiger partial charge >= 0.3 is 5.97 Å². The summed E-state index contributed by atoms with van der Waals surface area (Å²) in [7, 11) is 3.93. The fourth-order valence-electron chi connectivity index (χ4n) is 1.92. The second-order valence-corrected chi connectivity index (χ2v) is 4.90. The van der Waals surface area contributed by atoms with Crippen LogP contribution in [0.4, 0.5) is 5.69 Å². The van der Waals surface area contributed by atoms with E-state index in [4.69, 9.17) is 4.74 Å². The van der Waals surface area contributed by atoms with E-state index in [9.17, 15) is 4.79 Å². The molecule has 0 aromatic heterocycles. The van der Waals surface area contributed by atoms with Crippen LogP contribution in [0.25, 0.3) is 0 Å². The van der Waals surface area contributed by atoms with Crippen molar-refractivity contribution in [2.75, 3.05) is 19.0 Å². The highest BCUT2D eigenvalue weighted by atomic mass is 16.5. The van der Waals surface area contributed by atoms with Gasteiger partial charge in [-0.15, -0.1) is 0 Å². The van der Waals surface area contributed by atoms with Crippen LogP contribution in [0.2, 0.25) is 0 Å². The van der Waals surface area contributed by atoms with E-state index in [1.54, 1.807) is 12.1 Å². The zero-order valence-corrected chi connectivity index (χ0v) is 12.0. The zero-order chi connectivity index (χ0) is 14.5. The van der Waals surface area contributed by atoms with Crippen LogP contribution >= 0.6 is 0 Å². The average Bonchev–Trinajstić information content (AvgIpc) is 2.48. The number of carbonyl (C=O) groups excluding carboxylic acids is 1. The second kappa shape index (κ2) is 6.24. The topological polar surface area (TPSA) is 29.5 Å². The molecule has 0 amide bonds. The summed E-state index contributed by atoms with van der Waals surface area (Å²) in [5, 5.41) is 0. The van der Waals surface area contributed by atoms with Gasteiger partial charge in [-0.2, -0.15) is 0 Å². The van der Waals surface area contributed by atoms with Gasteiger partial charge < -0.3 is 9.64 Å². The van der Waals surface area contributed by atoms with Crippen molar-refractivity contribution >= 4 is 11.7 Å². The molecule has 0 fully saturated rings. The maximum absolute atomic E-state index is 12.1. The molecule has 3 nitrogen and oxygen atoms in total. The molecule has 3 heteroatoms. The predicted molar refractivity (Wildman–Crippen MR) is 81.0 cm³/mol. The van der Waals surface area contributed by atoms with E-state index in [1.807, 2.05) is 68.4 Å². The number of carbonyl (C=O) groups is 1. The second-order valence-electron chi connectivity index (χ2n) is 4.90. The van der Waals surface area contributed by atoms with Crippen molar-refractivity contribution < 1.29 is 9.53 Å². The molecule has 0 aliphatic carbocycles. The van der Waals surface area contributed by atoms with Crippen LogP contribution in [0.15, 0.2) is 54.6 Å². The van der Waals surface area contributed by atoms with Gasteiger partial charge in [-0.05, 0) is 36.8 Å². The highest BCUT2D eigenvalue weighted by molar-refractivity contribution is 5.90. The number of hydrogen-bond acceptors (Lipinski definition) is 3. The van der Waals surface area contributed by atoms with Crippen LogP contribution in [0.3, 0.4) is 0 Å². The monoisotopic (exact) mass is 269 g/mol. The Hall–Kier alpha value is -2.29. The molecular formula is C17H19NO2. The summed E-state index contributed by atoms with van der Waals surface area (Å²) in [4.78, 5) is 14.1. The summed E-state index contributed by atoms with van der Waals surface area (Å²) in [6.07, 6.45) is -0.253. The smallest absolute Gasteiger partial charge is 0.338 e. The first-order valence-corrected chi connectivity index (χ1v) is 6.61. The summed E-state index contributed by atoms with van der Waals surface area (Å²) in [5.41, 5.74) is 2.61. The summed E-state index contributed by atoms with van der Waals surface area (Å²) in [6, 6.07) is 17.1. The fourth-order valence-corrected chi connectivity index (χ4v) is 1.92. The molecule has 2 aromatic rings. The molecule has 0 heterocycles. The Kier molecular flexibility index (Phi) is 4.41. The van der Waals surface area contributed by atoms with Gasteiger partial charge in [-0.1, -0.05) is 30.3 Å². The van der Waals surface area contributed by atoms with E-state index in [1.165, 1.54) is 0 Å². The van der Waals surface area contributed by atoms with Crippen LogP contribution in [0.5, 0.6) is 0 Å². The minimum Gasteiger partial charge on any atom is -0.454 e. The van der Waals surface area contributed by atoms with Crippen molar-refractivity contribution in [3.63, 3.8) is 0 Å². The van der Waals surface area contributed by atoms with E-state index < -0.39 is 0 Å². The van der Waals surface area contributed by atoms with Crippen LogP contribution in [-0.2, 0) is 4.74 Å². The van der Waals surface area contributed by atoms with Crippen molar-refractivity contribution in [2.45, 2.75) is 13.0 Å². The number of anilines is 1. The molecule has 0 aliphatic rings. The van der Waals surface area contributed by atoms with Crippen molar-refractivity contribution in [3.8, 4) is 0 Å². The number of benzene rings is 2. The largest absolute Gasteiger partial charge is 0.454 e. The number of esters is 1. The summed E-state index contributed by atoms with van der Waals surface area (Å²) in [6.45, 7) is 1.88. The summed E-state index contributed by atoms with van der Waals surface area (Å²) < 4.78 is 5.47. The van der Waals surface area contributed by atoms with E-state index in [0.717, 1.165) is 11.3 Å². The molecule has 0 saturated carbocycles. The highest BCUT2D eigenvalue weighted by Gasteiger charge is 2.13. The van der Waals surface area contributed by atoms with Crippen molar-refractivity contribution in [3.05, 3.63) is 65.7 Å². The van der Waals surface area contributed by atoms with E-state index >= 15 is 0 Å². The highest BCUT2D eigenvalue weighted by Crippen LogP contribution is 2.19. The number of rotatable bonds is 4. The molecule has 0 saturated heterocycles. The van der Waals surface area contributed by atoms with Gasteiger partial charge in [0, 0.05) is 19.8 Å². The van der Waals surface area contributed by atoms with Crippen molar-refractivity contribution in [2.24, 2.45) is 0 Å². The lowest BCUT2D eigenvalue weighted by molar-refractivity contribution is 0.0338. The molecule has 0 N–H and O–H groups in total. The van der Waals surface area contributed by atoms with Crippen LogP contribution in [-0.4, -0.2) is 20.1 Å². The molecule has 2 aromatic carbocycles. The molecular weight excluding hydrogens is 250 g/mol. The average molecular weight is 269 g/mol. The van der Waals surface area contributed by atoms with E-state index in [0.29, 0.717) is 5.56 Å². The fraction of sp³-hybridized carbons (Fsp3) is 0.235. The standard InChI is InChI=1S/C17H19NO2/c1-13(14-7-5-4-6-8-14)20-17(19)15-9-11-16(12-10-15)18(2)3/h4-13H,1-3H3. The first-order chi connectivity index (χ1) is 9.58. The SMILES string of the molecule is CC(OC(=O)c1ccc(N(C)C)cc1)c1ccccc1. The van der Waals surface area contributed by atoms with Crippen molar-refractivity contribution in [1.82, 2.24) is 0 Å². The van der Waals surface area contributed by atoms with Crippen LogP contribution in [0, 0.1) is 0 Å². The lowest BCUT2D eigenvalue weighted by Crippen LogP contribution is -2.11.